The van der Waals surface area contributed by atoms with Crippen molar-refractivity contribution in [1.29, 1.82) is 0 Å². The number of halogens is 4. The maximum atomic E-state index is 13.4. The lowest BCUT2D eigenvalue weighted by Crippen LogP contribution is -2.45. The van der Waals surface area contributed by atoms with Gasteiger partial charge in [0.15, 0.2) is 0 Å². The number of benzene rings is 1. The first-order chi connectivity index (χ1) is 11.0. The van der Waals surface area contributed by atoms with Gasteiger partial charge in [-0.3, -0.25) is 4.90 Å². The zero-order valence-electron chi connectivity index (χ0n) is 12.2. The van der Waals surface area contributed by atoms with Gasteiger partial charge in [0.05, 0.1) is 15.9 Å². The van der Waals surface area contributed by atoms with Crippen molar-refractivity contribution in [2.45, 2.75) is 12.2 Å². The predicted octanol–water partition coefficient (Wildman–Crippen LogP) is 4.41. The molecule has 0 bridgehead atoms. The van der Waals surface area contributed by atoms with Crippen LogP contribution >= 0.6 is 22.9 Å². The smallest absolute Gasteiger partial charge is 0.314 e. The number of piperazine rings is 1. The lowest BCUT2D eigenvalue weighted by Gasteiger charge is -2.35. The Kier molecular flexibility index (Phi) is 4.96. The van der Waals surface area contributed by atoms with Crippen LogP contribution in [0.2, 0.25) is 4.34 Å². The summed E-state index contributed by atoms with van der Waals surface area (Å²) in [7, 11) is 0. The minimum atomic E-state index is -4.37. The summed E-state index contributed by atoms with van der Waals surface area (Å²) in [6, 6.07) is 8.97. The highest BCUT2D eigenvalue weighted by Gasteiger charge is 2.37. The first-order valence-corrected chi connectivity index (χ1v) is 8.52. The number of hydrogen-bond acceptors (Lipinski definition) is 3. The second kappa shape index (κ2) is 6.81. The number of rotatable bonds is 3. The van der Waals surface area contributed by atoms with E-state index in [1.54, 1.807) is 18.2 Å². The molecule has 7 heteroatoms. The molecule has 0 aliphatic carbocycles. The fourth-order valence-corrected chi connectivity index (χ4v) is 4.15. The molecule has 0 amide bonds. The number of thiophene rings is 1. The molecule has 1 aliphatic rings. The zero-order valence-corrected chi connectivity index (χ0v) is 13.8. The molecule has 124 valence electrons. The van der Waals surface area contributed by atoms with Crippen LogP contribution in [0, 0.1) is 0 Å². The van der Waals surface area contributed by atoms with E-state index >= 15 is 0 Å². The highest BCUT2D eigenvalue weighted by Crippen LogP contribution is 2.41. The van der Waals surface area contributed by atoms with E-state index in [1.165, 1.54) is 17.4 Å². The van der Waals surface area contributed by atoms with Crippen molar-refractivity contribution >= 4 is 22.9 Å². The molecule has 0 radical (unpaired) electrons. The molecule has 1 atom stereocenters. The van der Waals surface area contributed by atoms with Gasteiger partial charge in [-0.05, 0) is 23.8 Å². The molecule has 1 aromatic heterocycles. The van der Waals surface area contributed by atoms with Crippen molar-refractivity contribution in [3.05, 3.63) is 56.7 Å². The molecule has 1 saturated heterocycles. The topological polar surface area (TPSA) is 15.3 Å². The minimum Gasteiger partial charge on any atom is -0.314 e. The monoisotopic (exact) mass is 360 g/mol. The van der Waals surface area contributed by atoms with E-state index < -0.39 is 17.8 Å². The zero-order chi connectivity index (χ0) is 16.4. The van der Waals surface area contributed by atoms with E-state index in [9.17, 15) is 13.2 Å². The summed E-state index contributed by atoms with van der Waals surface area (Å²) in [4.78, 5) is 2.93. The third-order valence-electron chi connectivity index (χ3n) is 3.94. The highest BCUT2D eigenvalue weighted by molar-refractivity contribution is 7.16. The van der Waals surface area contributed by atoms with Crippen LogP contribution in [-0.4, -0.2) is 31.1 Å². The molecule has 0 unspecified atom stereocenters. The molecule has 3 rings (SSSR count). The molecule has 2 nitrogen and oxygen atoms in total. The van der Waals surface area contributed by atoms with Gasteiger partial charge >= 0.3 is 6.18 Å². The Morgan fingerprint density at radius 2 is 1.78 bits per heavy atom. The van der Waals surface area contributed by atoms with Gasteiger partial charge in [-0.1, -0.05) is 29.8 Å². The van der Waals surface area contributed by atoms with Gasteiger partial charge in [0.25, 0.3) is 0 Å². The van der Waals surface area contributed by atoms with E-state index in [0.717, 1.165) is 24.0 Å². The summed E-state index contributed by atoms with van der Waals surface area (Å²) >= 11 is 7.37. The third-order valence-corrected chi connectivity index (χ3v) is 5.22. The van der Waals surface area contributed by atoms with Crippen molar-refractivity contribution in [3.8, 4) is 0 Å². The Bertz CT molecular complexity index is 665. The van der Waals surface area contributed by atoms with Crippen LogP contribution in [0.15, 0.2) is 36.4 Å². The summed E-state index contributed by atoms with van der Waals surface area (Å²) in [5.41, 5.74) is -0.284. The molecular formula is C16H16ClF3N2S. The summed E-state index contributed by atoms with van der Waals surface area (Å²) in [6.07, 6.45) is -4.37. The molecule has 1 fully saturated rings. The van der Waals surface area contributed by atoms with Crippen molar-refractivity contribution < 1.29 is 13.2 Å². The number of hydrogen-bond donors (Lipinski definition) is 1. The summed E-state index contributed by atoms with van der Waals surface area (Å²) in [5.74, 6) is 0. The lowest BCUT2D eigenvalue weighted by atomic mass is 9.96. The maximum Gasteiger partial charge on any atom is 0.416 e. The summed E-state index contributed by atoms with van der Waals surface area (Å²) in [5, 5.41) is 3.24. The van der Waals surface area contributed by atoms with E-state index in [4.69, 9.17) is 11.6 Å². The number of nitrogens with one attached hydrogen (secondary N) is 1. The minimum absolute atomic E-state index is 0.292. The fourth-order valence-electron chi connectivity index (χ4n) is 2.94. The van der Waals surface area contributed by atoms with Crippen molar-refractivity contribution in [1.82, 2.24) is 10.2 Å². The molecular weight excluding hydrogens is 345 g/mol. The van der Waals surface area contributed by atoms with Gasteiger partial charge in [-0.15, -0.1) is 11.3 Å². The normalized spacial score (nSPS) is 18.1. The molecule has 1 N–H and O–H groups in total. The summed E-state index contributed by atoms with van der Waals surface area (Å²) in [6.45, 7) is 2.94. The Morgan fingerprint density at radius 1 is 1.09 bits per heavy atom. The molecule has 0 saturated carbocycles. The molecule has 2 aromatic rings. The van der Waals surface area contributed by atoms with Gasteiger partial charge in [0.1, 0.15) is 0 Å². The van der Waals surface area contributed by atoms with E-state index in [0.29, 0.717) is 23.0 Å². The van der Waals surface area contributed by atoms with Crippen LogP contribution in [-0.2, 0) is 6.18 Å². The molecule has 2 heterocycles. The molecule has 1 aliphatic heterocycles. The van der Waals surface area contributed by atoms with Crippen molar-refractivity contribution in [3.63, 3.8) is 0 Å². The van der Waals surface area contributed by atoms with Crippen LogP contribution in [0.3, 0.4) is 0 Å². The molecule has 1 aromatic carbocycles. The van der Waals surface area contributed by atoms with Gasteiger partial charge < -0.3 is 5.32 Å². The fraction of sp³-hybridized carbons (Fsp3) is 0.375. The van der Waals surface area contributed by atoms with E-state index in [1.807, 2.05) is 6.07 Å². The highest BCUT2D eigenvalue weighted by atomic mass is 35.5. The molecule has 0 spiro atoms. The standard InChI is InChI=1S/C16H16ClF3N2S/c17-14-6-5-13(23-14)15(22-9-7-21-8-10-22)11-3-1-2-4-12(11)16(18,19)20/h1-6,15,21H,7-10H2/t15-/m1/s1. The van der Waals surface area contributed by atoms with Gasteiger partial charge in [0.2, 0.25) is 0 Å². The van der Waals surface area contributed by atoms with Crippen LogP contribution in [0.4, 0.5) is 13.2 Å². The second-order valence-electron chi connectivity index (χ2n) is 5.42. The van der Waals surface area contributed by atoms with E-state index in [-0.39, 0.29) is 0 Å². The van der Waals surface area contributed by atoms with Gasteiger partial charge in [0, 0.05) is 31.1 Å². The number of alkyl halides is 3. The van der Waals surface area contributed by atoms with Crippen LogP contribution in [0.1, 0.15) is 22.0 Å². The van der Waals surface area contributed by atoms with Crippen LogP contribution < -0.4 is 5.32 Å². The molecule has 23 heavy (non-hydrogen) atoms. The Labute approximate surface area is 141 Å². The SMILES string of the molecule is FC(F)(F)c1ccccc1[C@H](c1ccc(Cl)s1)N1CCNCC1. The van der Waals surface area contributed by atoms with Gasteiger partial charge in [-0.2, -0.15) is 13.2 Å². The van der Waals surface area contributed by atoms with Crippen LogP contribution in [0.25, 0.3) is 0 Å². The van der Waals surface area contributed by atoms with E-state index in [2.05, 4.69) is 10.2 Å². The Hall–Kier alpha value is -1.08. The quantitative estimate of drug-likeness (QED) is 0.872. The first kappa shape index (κ1) is 16.8. The average Bonchev–Trinajstić information content (AvgIpc) is 2.94. The maximum absolute atomic E-state index is 13.4. The van der Waals surface area contributed by atoms with Crippen molar-refractivity contribution in [2.75, 3.05) is 26.2 Å². The largest absolute Gasteiger partial charge is 0.416 e. The lowest BCUT2D eigenvalue weighted by molar-refractivity contribution is -0.138. The number of nitrogens with zero attached hydrogens (tertiary/aromatic N) is 1. The summed E-state index contributed by atoms with van der Waals surface area (Å²) < 4.78 is 40.9. The van der Waals surface area contributed by atoms with Crippen LogP contribution in [0.5, 0.6) is 0 Å². The first-order valence-electron chi connectivity index (χ1n) is 7.33. The average molecular weight is 361 g/mol. The van der Waals surface area contributed by atoms with Gasteiger partial charge in [-0.25, -0.2) is 0 Å². The van der Waals surface area contributed by atoms with Crippen molar-refractivity contribution in [2.24, 2.45) is 0 Å². The Morgan fingerprint density at radius 3 is 2.39 bits per heavy atom. The predicted molar refractivity (Wildman–Crippen MR) is 87.1 cm³/mol. The Balaban J connectivity index is 2.08. The third kappa shape index (κ3) is 3.71. The second-order valence-corrected chi connectivity index (χ2v) is 7.16.